The molecule has 24 heavy (non-hydrogen) atoms. The highest BCUT2D eigenvalue weighted by Gasteiger charge is 2.21. The zero-order chi connectivity index (χ0) is 16.8. The van der Waals surface area contributed by atoms with E-state index < -0.39 is 0 Å². The fourth-order valence-corrected chi connectivity index (χ4v) is 4.43. The van der Waals surface area contributed by atoms with Crippen molar-refractivity contribution in [2.24, 2.45) is 4.99 Å². The number of hydrogen-bond donors (Lipinski definition) is 2. The lowest BCUT2D eigenvalue weighted by atomic mass is 9.96. The van der Waals surface area contributed by atoms with Gasteiger partial charge >= 0.3 is 0 Å². The average Bonchev–Trinajstić information content (AvgIpc) is 3.09. The molecular formula is C18H28N4OS. The number of hydrogen-bond acceptors (Lipinski definition) is 3. The summed E-state index contributed by atoms with van der Waals surface area (Å²) >= 11 is 1.81. The van der Waals surface area contributed by atoms with Crippen molar-refractivity contribution >= 4 is 23.2 Å². The maximum atomic E-state index is 12.4. The van der Waals surface area contributed by atoms with E-state index in [9.17, 15) is 4.79 Å². The van der Waals surface area contributed by atoms with Crippen LogP contribution in [0.4, 0.5) is 0 Å². The van der Waals surface area contributed by atoms with E-state index in [1.54, 1.807) is 18.4 Å². The number of nitrogens with zero attached hydrogens (tertiary/aromatic N) is 2. The summed E-state index contributed by atoms with van der Waals surface area (Å²) in [4.78, 5) is 20.1. The molecule has 1 aliphatic carbocycles. The molecule has 2 heterocycles. The molecule has 0 saturated heterocycles. The molecule has 1 aliphatic heterocycles. The van der Waals surface area contributed by atoms with Crippen LogP contribution < -0.4 is 10.6 Å². The fraction of sp³-hybridized carbons (Fsp3) is 0.667. The summed E-state index contributed by atoms with van der Waals surface area (Å²) in [5.41, 5.74) is 1.32. The van der Waals surface area contributed by atoms with Gasteiger partial charge in [0.2, 0.25) is 5.91 Å². The Morgan fingerprint density at radius 3 is 3.00 bits per heavy atom. The van der Waals surface area contributed by atoms with Gasteiger partial charge in [-0.1, -0.05) is 19.3 Å². The Bertz CT molecular complexity index is 577. The van der Waals surface area contributed by atoms with Gasteiger partial charge in [-0.2, -0.15) is 0 Å². The zero-order valence-electron chi connectivity index (χ0n) is 14.5. The molecule has 1 saturated carbocycles. The maximum absolute atomic E-state index is 12.4. The van der Waals surface area contributed by atoms with Gasteiger partial charge in [-0.05, 0) is 36.3 Å². The van der Waals surface area contributed by atoms with E-state index in [0.29, 0.717) is 19.0 Å². The van der Waals surface area contributed by atoms with Gasteiger partial charge in [0.05, 0.1) is 0 Å². The number of carbonyl (C=O) groups excluding carboxylic acids is 1. The molecule has 0 aromatic carbocycles. The number of thiophene rings is 1. The lowest BCUT2D eigenvalue weighted by Crippen LogP contribution is -2.45. The summed E-state index contributed by atoms with van der Waals surface area (Å²) in [5, 5.41) is 8.90. The van der Waals surface area contributed by atoms with E-state index in [0.717, 1.165) is 25.5 Å². The van der Waals surface area contributed by atoms with E-state index in [-0.39, 0.29) is 5.91 Å². The standard InChI is InChI=1S/C18H28N4OS/c1-19-18(21-15-5-3-2-4-6-15)20-10-7-17(23)22-11-8-16-14(13-22)9-12-24-16/h9,12,15H,2-8,10-11,13H2,1H3,(H2,19,20,21). The third-order valence-corrected chi connectivity index (χ3v) is 5.98. The second-order valence-corrected chi connectivity index (χ2v) is 7.66. The Morgan fingerprint density at radius 1 is 1.38 bits per heavy atom. The summed E-state index contributed by atoms with van der Waals surface area (Å²) in [6.45, 7) is 2.26. The van der Waals surface area contributed by atoms with Crippen molar-refractivity contribution in [1.29, 1.82) is 0 Å². The molecular weight excluding hydrogens is 320 g/mol. The predicted molar refractivity (Wildman–Crippen MR) is 99.4 cm³/mol. The van der Waals surface area contributed by atoms with Crippen molar-refractivity contribution < 1.29 is 4.79 Å². The zero-order valence-corrected chi connectivity index (χ0v) is 15.3. The SMILES string of the molecule is CN=C(NCCC(=O)N1CCc2sccc2C1)NC1CCCCC1. The first-order chi connectivity index (χ1) is 11.8. The Labute approximate surface area is 148 Å². The van der Waals surface area contributed by atoms with Gasteiger partial charge in [-0.15, -0.1) is 11.3 Å². The Morgan fingerprint density at radius 2 is 2.21 bits per heavy atom. The smallest absolute Gasteiger partial charge is 0.224 e. The van der Waals surface area contributed by atoms with Gasteiger partial charge in [0.25, 0.3) is 0 Å². The van der Waals surface area contributed by atoms with E-state index >= 15 is 0 Å². The van der Waals surface area contributed by atoms with Gasteiger partial charge in [0.15, 0.2) is 5.96 Å². The molecule has 5 nitrogen and oxygen atoms in total. The molecule has 1 amide bonds. The third kappa shape index (κ3) is 4.50. The number of guanidine groups is 1. The summed E-state index contributed by atoms with van der Waals surface area (Å²) in [7, 11) is 1.79. The molecule has 1 aromatic heterocycles. The Hall–Kier alpha value is -1.56. The highest BCUT2D eigenvalue weighted by Crippen LogP contribution is 2.24. The first kappa shape index (κ1) is 17.3. The van der Waals surface area contributed by atoms with Crippen LogP contribution in [0.2, 0.25) is 0 Å². The van der Waals surface area contributed by atoms with Crippen LogP contribution >= 0.6 is 11.3 Å². The van der Waals surface area contributed by atoms with Crippen molar-refractivity contribution in [3.8, 4) is 0 Å². The monoisotopic (exact) mass is 348 g/mol. The van der Waals surface area contributed by atoms with Crippen molar-refractivity contribution in [2.45, 2.75) is 57.5 Å². The molecule has 6 heteroatoms. The van der Waals surface area contributed by atoms with Crippen LogP contribution in [-0.4, -0.2) is 42.9 Å². The third-order valence-electron chi connectivity index (χ3n) is 4.96. The van der Waals surface area contributed by atoms with Crippen LogP contribution in [0.3, 0.4) is 0 Å². The molecule has 0 radical (unpaired) electrons. The fourth-order valence-electron chi connectivity index (χ4n) is 3.54. The number of carbonyl (C=O) groups is 1. The largest absolute Gasteiger partial charge is 0.356 e. The number of fused-ring (bicyclic) bond motifs is 1. The van der Waals surface area contributed by atoms with Crippen LogP contribution in [0.1, 0.15) is 49.0 Å². The number of rotatable bonds is 4. The highest BCUT2D eigenvalue weighted by atomic mass is 32.1. The summed E-state index contributed by atoms with van der Waals surface area (Å²) in [6, 6.07) is 2.67. The number of amides is 1. The first-order valence-corrected chi connectivity index (χ1v) is 9.94. The number of aliphatic imine (C=N–C) groups is 1. The molecule has 0 atom stereocenters. The second kappa shape index (κ2) is 8.51. The Balaban J connectivity index is 1.39. The summed E-state index contributed by atoms with van der Waals surface area (Å²) < 4.78 is 0. The van der Waals surface area contributed by atoms with E-state index in [4.69, 9.17) is 0 Å². The van der Waals surface area contributed by atoms with E-state index in [1.807, 2.05) is 4.90 Å². The normalized spacial score (nSPS) is 19.0. The topological polar surface area (TPSA) is 56.7 Å². The molecule has 132 valence electrons. The number of nitrogens with one attached hydrogen (secondary N) is 2. The van der Waals surface area contributed by atoms with Crippen LogP contribution in [0.15, 0.2) is 16.4 Å². The van der Waals surface area contributed by atoms with Gasteiger partial charge in [0, 0.05) is 44.0 Å². The molecule has 0 bridgehead atoms. The van der Waals surface area contributed by atoms with Crippen LogP contribution in [0.25, 0.3) is 0 Å². The summed E-state index contributed by atoms with van der Waals surface area (Å²) in [6.07, 6.45) is 7.90. The lowest BCUT2D eigenvalue weighted by molar-refractivity contribution is -0.131. The van der Waals surface area contributed by atoms with Crippen molar-refractivity contribution in [1.82, 2.24) is 15.5 Å². The minimum Gasteiger partial charge on any atom is -0.356 e. The van der Waals surface area contributed by atoms with Crippen LogP contribution in [0, 0.1) is 0 Å². The molecule has 0 spiro atoms. The Kier molecular flexibility index (Phi) is 6.12. The molecule has 0 unspecified atom stereocenters. The maximum Gasteiger partial charge on any atom is 0.224 e. The van der Waals surface area contributed by atoms with Crippen molar-refractivity contribution in [3.63, 3.8) is 0 Å². The van der Waals surface area contributed by atoms with Crippen LogP contribution in [-0.2, 0) is 17.8 Å². The van der Waals surface area contributed by atoms with Crippen molar-refractivity contribution in [2.75, 3.05) is 20.1 Å². The highest BCUT2D eigenvalue weighted by molar-refractivity contribution is 7.10. The van der Waals surface area contributed by atoms with E-state index in [1.165, 1.54) is 42.5 Å². The first-order valence-electron chi connectivity index (χ1n) is 9.06. The lowest BCUT2D eigenvalue weighted by Gasteiger charge is -2.27. The predicted octanol–water partition coefficient (Wildman–Crippen LogP) is 2.52. The van der Waals surface area contributed by atoms with Gasteiger partial charge in [-0.3, -0.25) is 9.79 Å². The van der Waals surface area contributed by atoms with Crippen molar-refractivity contribution in [3.05, 3.63) is 21.9 Å². The van der Waals surface area contributed by atoms with Crippen LogP contribution in [0.5, 0.6) is 0 Å². The van der Waals surface area contributed by atoms with E-state index in [2.05, 4.69) is 27.1 Å². The molecule has 3 rings (SSSR count). The molecule has 1 aromatic rings. The molecule has 2 N–H and O–H groups in total. The minimum atomic E-state index is 0.229. The second-order valence-electron chi connectivity index (χ2n) is 6.66. The molecule has 2 aliphatic rings. The van der Waals surface area contributed by atoms with Gasteiger partial charge in [-0.25, -0.2) is 0 Å². The van der Waals surface area contributed by atoms with Gasteiger partial charge < -0.3 is 15.5 Å². The quantitative estimate of drug-likeness (QED) is 0.649. The van der Waals surface area contributed by atoms with Gasteiger partial charge in [0.1, 0.15) is 0 Å². The minimum absolute atomic E-state index is 0.229. The summed E-state index contributed by atoms with van der Waals surface area (Å²) in [5.74, 6) is 1.06. The average molecular weight is 349 g/mol. The molecule has 1 fully saturated rings.